The van der Waals surface area contributed by atoms with Crippen molar-refractivity contribution in [1.29, 1.82) is 0 Å². The first-order valence-corrected chi connectivity index (χ1v) is 20.1. The number of nitrogens with one attached hydrogen (secondary N) is 1. The number of carbonyl (C=O) groups excluding carboxylic acids is 5. The topological polar surface area (TPSA) is 202 Å². The molecule has 61 heavy (non-hydrogen) atoms. The van der Waals surface area contributed by atoms with Gasteiger partial charge in [-0.25, -0.2) is 14.4 Å². The van der Waals surface area contributed by atoms with Gasteiger partial charge in [0.05, 0.1) is 35.6 Å². The summed E-state index contributed by atoms with van der Waals surface area (Å²) >= 11 is 0. The lowest BCUT2D eigenvalue weighted by atomic mass is 9.44. The monoisotopic (exact) mass is 871 g/mol. The average Bonchev–Trinajstić information content (AvgIpc) is 3.18. The van der Waals surface area contributed by atoms with Crippen LogP contribution in [0.15, 0.2) is 71.8 Å². The van der Waals surface area contributed by atoms with E-state index in [9.17, 15) is 29.4 Å². The number of carbonyl (C=O) groups is 5. The number of hydrogen-bond acceptors (Lipinski definition) is 14. The van der Waals surface area contributed by atoms with Crippen LogP contribution in [0.2, 0.25) is 0 Å². The van der Waals surface area contributed by atoms with Gasteiger partial charge in [0.1, 0.15) is 35.6 Å². The molecule has 2 bridgehead atoms. The average molecular weight is 872 g/mol. The van der Waals surface area contributed by atoms with Crippen LogP contribution < -0.4 is 5.32 Å². The second-order valence-electron chi connectivity index (χ2n) is 18.0. The van der Waals surface area contributed by atoms with Gasteiger partial charge in [-0.2, -0.15) is 0 Å². The molecule has 4 aliphatic rings. The Bertz CT molecular complexity index is 2020. The van der Waals surface area contributed by atoms with E-state index in [0.29, 0.717) is 11.1 Å². The van der Waals surface area contributed by atoms with Gasteiger partial charge in [-0.1, -0.05) is 62.4 Å². The molecular formula is C45H58ClNO14. The largest absolute Gasteiger partial charge is 0.456 e. The SMILES string of the molecule is CO[C@H]1C(=O)[C@]2(C)[C@@H](OC)C[C@H]3OC[C@@]3(OC(C)=O)[C@H]2[C@H](OC(=O)c2ccccc2)[C@]2(O)C[C@H](OC(=O)[C@H](O)[C@@H](NC(=O)OC(C)(C)C)c3ccccc3)C(C)=C1C2(C)C.Cl. The molecule has 0 unspecified atom stereocenters. The second kappa shape index (κ2) is 17.4. The Morgan fingerprint density at radius 3 is 2.07 bits per heavy atom. The molecule has 2 aromatic carbocycles. The highest BCUT2D eigenvalue weighted by molar-refractivity contribution is 5.94. The third kappa shape index (κ3) is 8.20. The van der Waals surface area contributed by atoms with E-state index in [1.54, 1.807) is 109 Å². The van der Waals surface area contributed by atoms with E-state index in [4.69, 9.17) is 33.2 Å². The van der Waals surface area contributed by atoms with Crippen molar-refractivity contribution in [2.45, 2.75) is 128 Å². The minimum atomic E-state index is -2.22. The van der Waals surface area contributed by atoms with Crippen molar-refractivity contribution in [2.75, 3.05) is 20.8 Å². The van der Waals surface area contributed by atoms with Gasteiger partial charge in [0.25, 0.3) is 0 Å². The van der Waals surface area contributed by atoms with Crippen LogP contribution in [-0.4, -0.2) is 114 Å². The molecule has 2 saturated carbocycles. The number of fused-ring (bicyclic) bond motifs is 5. The van der Waals surface area contributed by atoms with Gasteiger partial charge in [-0.3, -0.25) is 9.59 Å². The zero-order valence-electron chi connectivity index (χ0n) is 36.2. The summed E-state index contributed by atoms with van der Waals surface area (Å²) in [5.41, 5.74) is -6.72. The van der Waals surface area contributed by atoms with E-state index in [1.165, 1.54) is 21.1 Å². The zero-order chi connectivity index (χ0) is 44.2. The van der Waals surface area contributed by atoms with Crippen LogP contribution in [0.5, 0.6) is 0 Å². The van der Waals surface area contributed by atoms with Crippen LogP contribution in [-0.2, 0) is 47.5 Å². The highest BCUT2D eigenvalue weighted by Gasteiger charge is 2.78. The molecule has 2 aromatic rings. The summed E-state index contributed by atoms with van der Waals surface area (Å²) in [4.78, 5) is 70.1. The lowest BCUT2D eigenvalue weighted by molar-refractivity contribution is -0.347. The molecule has 1 saturated heterocycles. The number of methoxy groups -OCH3 is 2. The van der Waals surface area contributed by atoms with Crippen molar-refractivity contribution in [1.82, 2.24) is 5.32 Å². The van der Waals surface area contributed by atoms with Crippen molar-refractivity contribution in [3.8, 4) is 0 Å². The minimum absolute atomic E-state index is 0. The third-order valence-electron chi connectivity index (χ3n) is 13.0. The molecule has 0 radical (unpaired) electrons. The molecule has 1 heterocycles. The highest BCUT2D eigenvalue weighted by Crippen LogP contribution is 2.64. The second-order valence-corrected chi connectivity index (χ2v) is 18.0. The maximum atomic E-state index is 15.5. The summed E-state index contributed by atoms with van der Waals surface area (Å²) in [5, 5.41) is 28.0. The fraction of sp³-hybridized carbons (Fsp3) is 0.578. The van der Waals surface area contributed by atoms with Crippen LogP contribution in [0.25, 0.3) is 0 Å². The van der Waals surface area contributed by atoms with Crippen molar-refractivity contribution >= 4 is 42.2 Å². The summed E-state index contributed by atoms with van der Waals surface area (Å²) < 4.78 is 42.4. The molecule has 1 amide bonds. The Kier molecular flexibility index (Phi) is 13.6. The van der Waals surface area contributed by atoms with Crippen molar-refractivity contribution in [3.05, 3.63) is 82.9 Å². The van der Waals surface area contributed by atoms with Crippen molar-refractivity contribution in [3.63, 3.8) is 0 Å². The first kappa shape index (κ1) is 47.7. The Morgan fingerprint density at radius 1 is 0.934 bits per heavy atom. The van der Waals surface area contributed by atoms with E-state index >= 15 is 4.79 Å². The van der Waals surface area contributed by atoms with Gasteiger partial charge < -0.3 is 48.7 Å². The predicted molar refractivity (Wildman–Crippen MR) is 220 cm³/mol. The van der Waals surface area contributed by atoms with Gasteiger partial charge in [0, 0.05) is 39.4 Å². The van der Waals surface area contributed by atoms with Gasteiger partial charge in [-0.05, 0) is 63.5 Å². The third-order valence-corrected chi connectivity index (χ3v) is 13.0. The number of halogens is 1. The van der Waals surface area contributed by atoms with Gasteiger partial charge in [0.15, 0.2) is 17.5 Å². The molecule has 334 valence electrons. The number of hydrogen-bond donors (Lipinski definition) is 3. The molecule has 0 spiro atoms. The summed E-state index contributed by atoms with van der Waals surface area (Å²) in [7, 11) is 2.78. The number of Topliss-reactive ketones (excluding diaryl/α,β-unsaturated/α-hetero) is 1. The Morgan fingerprint density at radius 2 is 1.54 bits per heavy atom. The van der Waals surface area contributed by atoms with E-state index in [-0.39, 0.29) is 36.6 Å². The molecule has 11 atom stereocenters. The molecule has 16 heteroatoms. The number of benzene rings is 2. The minimum Gasteiger partial charge on any atom is -0.456 e. The molecule has 3 N–H and O–H groups in total. The summed E-state index contributed by atoms with van der Waals surface area (Å²) in [6, 6.07) is 15.1. The standard InChI is InChI=1S/C45H57NO14.ClH/c1-24-28(57-39(51)33(48)32(26-17-13-11-14-18-26)46-40(52)60-41(3,4)5)22-45(53)37(58-38(50)27-19-15-12-16-20-27)35-43(8,36(49)34(55-10)31(24)42(45,6)7)29(54-9)21-30-44(35,23-56-30)59-25(2)47;/h11-20,28-30,32-35,37,48,53H,21-23H2,1-10H3,(H,46,52);1H/t28-,29-,30+,32-,33+,34+,35-,37-,43+,44-,45+;/m0./s1. The summed E-state index contributed by atoms with van der Waals surface area (Å²) in [6.07, 6.45) is -9.31. The summed E-state index contributed by atoms with van der Waals surface area (Å²) in [5.74, 6) is -4.52. The zero-order valence-corrected chi connectivity index (χ0v) is 37.0. The number of ether oxygens (including phenoxy) is 7. The number of alkyl carbamates (subject to hydrolysis) is 1. The first-order chi connectivity index (χ1) is 28.1. The van der Waals surface area contributed by atoms with Crippen LogP contribution in [0.4, 0.5) is 4.79 Å². The van der Waals surface area contributed by atoms with Crippen molar-refractivity contribution < 1.29 is 67.3 Å². The Labute approximate surface area is 362 Å². The van der Waals surface area contributed by atoms with Crippen molar-refractivity contribution in [2.24, 2.45) is 16.7 Å². The molecule has 15 nitrogen and oxygen atoms in total. The molecule has 1 aliphatic heterocycles. The van der Waals surface area contributed by atoms with E-state index in [0.717, 1.165) is 0 Å². The van der Waals surface area contributed by atoms with Gasteiger partial charge in [0.2, 0.25) is 0 Å². The highest BCUT2D eigenvalue weighted by atomic mass is 35.5. The number of ketones is 1. The lowest BCUT2D eigenvalue weighted by Gasteiger charge is -2.67. The molecular weight excluding hydrogens is 814 g/mol. The van der Waals surface area contributed by atoms with E-state index < -0.39 is 112 Å². The molecule has 3 aliphatic carbocycles. The van der Waals surface area contributed by atoms with E-state index in [1.807, 2.05) is 0 Å². The number of rotatable bonds is 10. The molecule has 3 fully saturated rings. The van der Waals surface area contributed by atoms with Gasteiger partial charge in [-0.15, -0.1) is 12.4 Å². The van der Waals surface area contributed by atoms with Crippen LogP contribution in [0.1, 0.15) is 90.2 Å². The maximum absolute atomic E-state index is 15.5. The lowest BCUT2D eigenvalue weighted by Crippen LogP contribution is -2.82. The van der Waals surface area contributed by atoms with Gasteiger partial charge >= 0.3 is 24.0 Å². The quantitative estimate of drug-likeness (QED) is 0.164. The molecule has 0 aromatic heterocycles. The van der Waals surface area contributed by atoms with Crippen LogP contribution in [0.3, 0.4) is 0 Å². The first-order valence-electron chi connectivity index (χ1n) is 20.1. The number of aliphatic hydroxyl groups excluding tert-OH is 1. The number of esters is 3. The molecule has 6 rings (SSSR count). The van der Waals surface area contributed by atoms with Crippen LogP contribution >= 0.6 is 12.4 Å². The van der Waals surface area contributed by atoms with E-state index in [2.05, 4.69) is 5.32 Å². The fourth-order valence-corrected chi connectivity index (χ4v) is 10.1. The number of aliphatic hydroxyl groups is 2. The predicted octanol–water partition coefficient (Wildman–Crippen LogP) is 4.99. The Hall–Kier alpha value is -4.38. The van der Waals surface area contributed by atoms with Crippen LogP contribution in [0, 0.1) is 16.7 Å². The summed E-state index contributed by atoms with van der Waals surface area (Å²) in [6.45, 7) is 12.7. The normalized spacial score (nSPS) is 32.4. The number of amides is 1. The smallest absolute Gasteiger partial charge is 0.408 e. The maximum Gasteiger partial charge on any atom is 0.408 e. The Balaban J connectivity index is 0.00000704. The fourth-order valence-electron chi connectivity index (χ4n) is 10.1.